The fourth-order valence-corrected chi connectivity index (χ4v) is 1.66. The van der Waals surface area contributed by atoms with Crippen molar-refractivity contribution in [2.24, 2.45) is 5.84 Å². The third-order valence-corrected chi connectivity index (χ3v) is 2.57. The summed E-state index contributed by atoms with van der Waals surface area (Å²) in [5.74, 6) is 5.59. The topological polar surface area (TPSA) is 92.9 Å². The number of amides is 1. The van der Waals surface area contributed by atoms with Crippen molar-refractivity contribution in [3.05, 3.63) is 47.4 Å². The van der Waals surface area contributed by atoms with Crippen molar-refractivity contribution in [2.75, 3.05) is 10.7 Å². The van der Waals surface area contributed by atoms with E-state index in [-0.39, 0.29) is 5.91 Å². The average Bonchev–Trinajstić information content (AvgIpc) is 2.38. The molecule has 0 aromatic carbocycles. The van der Waals surface area contributed by atoms with Crippen LogP contribution in [0.15, 0.2) is 30.5 Å². The van der Waals surface area contributed by atoms with E-state index in [2.05, 4.69) is 20.7 Å². The first-order valence-corrected chi connectivity index (χ1v) is 5.78. The quantitative estimate of drug-likeness (QED) is 0.574. The van der Waals surface area contributed by atoms with E-state index in [9.17, 15) is 4.79 Å². The number of nitrogens with one attached hydrogen (secondary N) is 2. The molecule has 0 fully saturated rings. The molecule has 0 aliphatic rings. The molecule has 4 N–H and O–H groups in total. The minimum atomic E-state index is -0.307. The van der Waals surface area contributed by atoms with Gasteiger partial charge in [0.25, 0.3) is 5.91 Å². The molecule has 19 heavy (non-hydrogen) atoms. The average molecular weight is 257 g/mol. The third kappa shape index (κ3) is 3.05. The number of carbonyl (C=O) groups is 1. The van der Waals surface area contributed by atoms with Crippen LogP contribution in [-0.4, -0.2) is 15.9 Å². The zero-order chi connectivity index (χ0) is 13.8. The van der Waals surface area contributed by atoms with E-state index in [1.54, 1.807) is 12.1 Å². The lowest BCUT2D eigenvalue weighted by molar-refractivity contribution is 0.102. The fraction of sp³-hybridized carbons (Fsp3) is 0.154. The van der Waals surface area contributed by atoms with Crippen LogP contribution in [-0.2, 0) is 0 Å². The highest BCUT2D eigenvalue weighted by Crippen LogP contribution is 2.16. The summed E-state index contributed by atoms with van der Waals surface area (Å²) in [5.41, 5.74) is 5.00. The van der Waals surface area contributed by atoms with Crippen molar-refractivity contribution in [2.45, 2.75) is 13.8 Å². The number of pyridine rings is 2. The Balaban J connectivity index is 2.25. The van der Waals surface area contributed by atoms with Gasteiger partial charge < -0.3 is 10.7 Å². The van der Waals surface area contributed by atoms with Crippen LogP contribution in [0, 0.1) is 13.8 Å². The van der Waals surface area contributed by atoms with Gasteiger partial charge in [-0.05, 0) is 32.0 Å². The van der Waals surface area contributed by atoms with Crippen LogP contribution in [0.25, 0.3) is 0 Å². The molecule has 2 heterocycles. The number of aryl methyl sites for hydroxylation is 2. The molecule has 0 radical (unpaired) electrons. The first-order chi connectivity index (χ1) is 9.10. The van der Waals surface area contributed by atoms with Crippen molar-refractivity contribution in [1.82, 2.24) is 9.97 Å². The fourth-order valence-electron chi connectivity index (χ4n) is 1.66. The van der Waals surface area contributed by atoms with E-state index < -0.39 is 0 Å². The molecule has 0 atom stereocenters. The predicted molar refractivity (Wildman–Crippen MR) is 73.7 cm³/mol. The standard InChI is InChI=1S/C13H15N5O/c1-8-4-3-5-12(16-8)17-13(19)10-7-15-9(2)6-11(10)18-14/h3-7H,14H2,1-2H3,(H,15,18)(H,16,17,19). The predicted octanol–water partition coefficient (Wildman–Crippen LogP) is 1.63. The Morgan fingerprint density at radius 2 is 2.05 bits per heavy atom. The molecule has 6 nitrogen and oxygen atoms in total. The van der Waals surface area contributed by atoms with Crippen LogP contribution in [0.4, 0.5) is 11.5 Å². The Morgan fingerprint density at radius 1 is 1.26 bits per heavy atom. The molecule has 0 saturated heterocycles. The lowest BCUT2D eigenvalue weighted by Crippen LogP contribution is -2.18. The summed E-state index contributed by atoms with van der Waals surface area (Å²) in [6.45, 7) is 3.68. The lowest BCUT2D eigenvalue weighted by Gasteiger charge is -2.09. The number of hydrogen-bond donors (Lipinski definition) is 3. The molecular weight excluding hydrogens is 242 g/mol. The molecule has 2 aromatic rings. The summed E-state index contributed by atoms with van der Waals surface area (Å²) in [5, 5.41) is 2.71. The first kappa shape index (κ1) is 13.0. The van der Waals surface area contributed by atoms with Gasteiger partial charge in [-0.2, -0.15) is 0 Å². The zero-order valence-electron chi connectivity index (χ0n) is 10.8. The van der Waals surface area contributed by atoms with Gasteiger partial charge in [0, 0.05) is 17.6 Å². The zero-order valence-corrected chi connectivity index (χ0v) is 10.8. The van der Waals surface area contributed by atoms with Crippen LogP contribution < -0.4 is 16.6 Å². The van der Waals surface area contributed by atoms with Crippen LogP contribution >= 0.6 is 0 Å². The van der Waals surface area contributed by atoms with Crippen molar-refractivity contribution in [3.63, 3.8) is 0 Å². The molecule has 0 saturated carbocycles. The summed E-state index contributed by atoms with van der Waals surface area (Å²) >= 11 is 0. The molecule has 1 amide bonds. The molecular formula is C13H15N5O. The number of aromatic nitrogens is 2. The summed E-state index contributed by atoms with van der Waals surface area (Å²) in [7, 11) is 0. The number of nitrogens with two attached hydrogens (primary N) is 1. The Labute approximate surface area is 111 Å². The van der Waals surface area contributed by atoms with E-state index >= 15 is 0 Å². The molecule has 0 aliphatic carbocycles. The number of carbonyl (C=O) groups excluding carboxylic acids is 1. The second-order valence-corrected chi connectivity index (χ2v) is 4.13. The Kier molecular flexibility index (Phi) is 3.72. The number of nitrogens with zero attached hydrogens (tertiary/aromatic N) is 2. The van der Waals surface area contributed by atoms with Crippen LogP contribution in [0.1, 0.15) is 21.7 Å². The van der Waals surface area contributed by atoms with E-state index in [0.717, 1.165) is 11.4 Å². The number of hydrazine groups is 1. The highest BCUT2D eigenvalue weighted by Gasteiger charge is 2.12. The normalized spacial score (nSPS) is 10.1. The minimum Gasteiger partial charge on any atom is -0.323 e. The number of anilines is 2. The Morgan fingerprint density at radius 3 is 2.74 bits per heavy atom. The Bertz CT molecular complexity index is 612. The van der Waals surface area contributed by atoms with Gasteiger partial charge in [-0.15, -0.1) is 0 Å². The van der Waals surface area contributed by atoms with Crippen molar-refractivity contribution >= 4 is 17.4 Å². The summed E-state index contributed by atoms with van der Waals surface area (Å²) in [6.07, 6.45) is 1.48. The van der Waals surface area contributed by atoms with Gasteiger partial charge in [0.05, 0.1) is 11.3 Å². The van der Waals surface area contributed by atoms with Gasteiger partial charge in [0.1, 0.15) is 5.82 Å². The van der Waals surface area contributed by atoms with Gasteiger partial charge in [0.15, 0.2) is 0 Å². The van der Waals surface area contributed by atoms with Crippen LogP contribution in [0.5, 0.6) is 0 Å². The van der Waals surface area contributed by atoms with Gasteiger partial charge in [-0.25, -0.2) is 4.98 Å². The maximum atomic E-state index is 12.1. The van der Waals surface area contributed by atoms with E-state index in [4.69, 9.17) is 5.84 Å². The third-order valence-electron chi connectivity index (χ3n) is 2.57. The SMILES string of the molecule is Cc1cc(NN)c(C(=O)Nc2cccc(C)n2)cn1. The second-order valence-electron chi connectivity index (χ2n) is 4.13. The molecule has 98 valence electrons. The molecule has 0 aliphatic heterocycles. The summed E-state index contributed by atoms with van der Waals surface area (Å²) in [6, 6.07) is 7.12. The van der Waals surface area contributed by atoms with Gasteiger partial charge in [0.2, 0.25) is 0 Å². The minimum absolute atomic E-state index is 0.307. The molecule has 2 rings (SSSR count). The lowest BCUT2D eigenvalue weighted by atomic mass is 10.2. The summed E-state index contributed by atoms with van der Waals surface area (Å²) < 4.78 is 0. The maximum absolute atomic E-state index is 12.1. The van der Waals surface area contributed by atoms with Crippen molar-refractivity contribution in [3.8, 4) is 0 Å². The largest absolute Gasteiger partial charge is 0.323 e. The van der Waals surface area contributed by atoms with Crippen molar-refractivity contribution < 1.29 is 4.79 Å². The number of nitrogen functional groups attached to an aromatic ring is 1. The van der Waals surface area contributed by atoms with Gasteiger partial charge in [-0.1, -0.05) is 6.07 Å². The monoisotopic (exact) mass is 257 g/mol. The highest BCUT2D eigenvalue weighted by atomic mass is 16.1. The van der Waals surface area contributed by atoms with Crippen LogP contribution in [0.2, 0.25) is 0 Å². The maximum Gasteiger partial charge on any atom is 0.260 e. The first-order valence-electron chi connectivity index (χ1n) is 5.78. The molecule has 6 heteroatoms. The highest BCUT2D eigenvalue weighted by molar-refractivity contribution is 6.07. The Hall–Kier alpha value is -2.47. The van der Waals surface area contributed by atoms with Gasteiger partial charge in [-0.3, -0.25) is 15.6 Å². The molecule has 2 aromatic heterocycles. The van der Waals surface area contributed by atoms with Crippen LogP contribution in [0.3, 0.4) is 0 Å². The van der Waals surface area contributed by atoms with Crippen molar-refractivity contribution in [1.29, 1.82) is 0 Å². The number of rotatable bonds is 3. The number of hydrogen-bond acceptors (Lipinski definition) is 5. The van der Waals surface area contributed by atoms with E-state index in [1.807, 2.05) is 26.0 Å². The van der Waals surface area contributed by atoms with Gasteiger partial charge >= 0.3 is 0 Å². The second kappa shape index (κ2) is 5.45. The summed E-state index contributed by atoms with van der Waals surface area (Å²) in [4.78, 5) is 20.4. The van der Waals surface area contributed by atoms with E-state index in [1.165, 1.54) is 6.20 Å². The molecule has 0 spiro atoms. The van der Waals surface area contributed by atoms with E-state index in [0.29, 0.717) is 17.1 Å². The smallest absolute Gasteiger partial charge is 0.260 e. The molecule has 0 bridgehead atoms. The molecule has 0 unspecified atom stereocenters.